The van der Waals surface area contributed by atoms with Crippen LogP contribution in [0.4, 0.5) is 23.0 Å². The first-order valence-electron chi connectivity index (χ1n) is 7.92. The number of hydrogen-bond donors (Lipinski definition) is 2. The van der Waals surface area contributed by atoms with Gasteiger partial charge in [0.15, 0.2) is 0 Å². The Morgan fingerprint density at radius 3 is 2.62 bits per heavy atom. The molecule has 2 N–H and O–H groups in total. The van der Waals surface area contributed by atoms with Crippen molar-refractivity contribution in [3.05, 3.63) is 45.7 Å². The van der Waals surface area contributed by atoms with Crippen LogP contribution in [0.2, 0.25) is 5.02 Å². The molecule has 0 radical (unpaired) electrons. The normalized spacial score (nSPS) is 15.0. The van der Waals surface area contributed by atoms with Crippen LogP contribution < -0.4 is 10.6 Å². The molecular weight excluding hydrogens is 330 g/mol. The van der Waals surface area contributed by atoms with Gasteiger partial charge >= 0.3 is 5.69 Å². The van der Waals surface area contributed by atoms with Gasteiger partial charge in [0.25, 0.3) is 0 Å². The fourth-order valence-corrected chi connectivity index (χ4v) is 3.08. The van der Waals surface area contributed by atoms with Crippen molar-refractivity contribution in [3.63, 3.8) is 0 Å². The van der Waals surface area contributed by atoms with Gasteiger partial charge in [-0.3, -0.25) is 10.1 Å². The number of halogens is 1. The van der Waals surface area contributed by atoms with Gasteiger partial charge in [0.05, 0.1) is 4.92 Å². The van der Waals surface area contributed by atoms with E-state index in [2.05, 4.69) is 20.6 Å². The van der Waals surface area contributed by atoms with Crippen molar-refractivity contribution in [3.8, 4) is 0 Å². The predicted octanol–water partition coefficient (Wildman–Crippen LogP) is 4.53. The van der Waals surface area contributed by atoms with Crippen molar-refractivity contribution in [1.29, 1.82) is 0 Å². The summed E-state index contributed by atoms with van der Waals surface area (Å²) in [4.78, 5) is 19.2. The molecule has 3 rings (SSSR count). The molecule has 7 nitrogen and oxygen atoms in total. The summed E-state index contributed by atoms with van der Waals surface area (Å²) >= 11 is 5.95. The van der Waals surface area contributed by atoms with E-state index in [-0.39, 0.29) is 23.4 Å². The van der Waals surface area contributed by atoms with Crippen LogP contribution in [0.1, 0.15) is 32.1 Å². The summed E-state index contributed by atoms with van der Waals surface area (Å²) in [6, 6.07) is 7.16. The second-order valence-electron chi connectivity index (χ2n) is 5.79. The summed E-state index contributed by atoms with van der Waals surface area (Å²) in [5, 5.41) is 18.3. The maximum absolute atomic E-state index is 11.6. The fourth-order valence-electron chi connectivity index (χ4n) is 2.89. The Bertz CT molecular complexity index is 734. The third kappa shape index (κ3) is 3.91. The highest BCUT2D eigenvalue weighted by Gasteiger charge is 2.25. The van der Waals surface area contributed by atoms with Crippen molar-refractivity contribution in [2.75, 3.05) is 10.6 Å². The average molecular weight is 348 g/mol. The van der Waals surface area contributed by atoms with Gasteiger partial charge in [-0.25, -0.2) is 9.97 Å². The quantitative estimate of drug-likeness (QED) is 0.609. The highest BCUT2D eigenvalue weighted by Crippen LogP contribution is 2.33. The maximum atomic E-state index is 11.6. The molecule has 0 unspecified atom stereocenters. The van der Waals surface area contributed by atoms with Crippen molar-refractivity contribution in [2.24, 2.45) is 0 Å². The Morgan fingerprint density at radius 2 is 1.92 bits per heavy atom. The SMILES string of the molecule is O=[N+]([O-])c1c(Nc2cccc(Cl)c2)ncnc1NC1CCCCC1. The minimum atomic E-state index is -0.460. The average Bonchev–Trinajstić information content (AvgIpc) is 2.56. The summed E-state index contributed by atoms with van der Waals surface area (Å²) < 4.78 is 0. The molecule has 1 saturated carbocycles. The molecule has 1 fully saturated rings. The lowest BCUT2D eigenvalue weighted by Gasteiger charge is -2.23. The van der Waals surface area contributed by atoms with Crippen molar-refractivity contribution in [2.45, 2.75) is 38.1 Å². The van der Waals surface area contributed by atoms with Gasteiger partial charge in [-0.15, -0.1) is 0 Å². The number of nitrogens with zero attached hydrogens (tertiary/aromatic N) is 3. The van der Waals surface area contributed by atoms with Crippen LogP contribution in [0.15, 0.2) is 30.6 Å². The molecule has 8 heteroatoms. The molecule has 0 spiro atoms. The molecule has 0 bridgehead atoms. The van der Waals surface area contributed by atoms with Crippen LogP contribution in [-0.2, 0) is 0 Å². The van der Waals surface area contributed by atoms with Crippen molar-refractivity contribution < 1.29 is 4.92 Å². The number of rotatable bonds is 5. The topological polar surface area (TPSA) is 93.0 Å². The lowest BCUT2D eigenvalue weighted by Crippen LogP contribution is -2.23. The molecule has 24 heavy (non-hydrogen) atoms. The maximum Gasteiger partial charge on any atom is 0.353 e. The highest BCUT2D eigenvalue weighted by molar-refractivity contribution is 6.30. The molecule has 2 aromatic rings. The lowest BCUT2D eigenvalue weighted by molar-refractivity contribution is -0.383. The standard InChI is InChI=1S/C16H18ClN5O2/c17-11-5-4-8-13(9-11)21-16-14(22(23)24)15(18-10-19-16)20-12-6-2-1-3-7-12/h4-5,8-10,12H,1-3,6-7H2,(H2,18,19,20,21). The van der Waals surface area contributed by atoms with E-state index in [4.69, 9.17) is 11.6 Å². The highest BCUT2D eigenvalue weighted by atomic mass is 35.5. The molecule has 1 heterocycles. The van der Waals surface area contributed by atoms with E-state index < -0.39 is 4.92 Å². The van der Waals surface area contributed by atoms with E-state index in [0.717, 1.165) is 25.7 Å². The van der Waals surface area contributed by atoms with Gasteiger partial charge < -0.3 is 10.6 Å². The van der Waals surface area contributed by atoms with Gasteiger partial charge in [-0.2, -0.15) is 0 Å². The molecule has 1 aliphatic carbocycles. The molecule has 0 atom stereocenters. The Balaban J connectivity index is 1.88. The second-order valence-corrected chi connectivity index (χ2v) is 6.23. The van der Waals surface area contributed by atoms with Crippen LogP contribution in [0.3, 0.4) is 0 Å². The van der Waals surface area contributed by atoms with Crippen LogP contribution in [0.25, 0.3) is 0 Å². The largest absolute Gasteiger partial charge is 0.361 e. The Morgan fingerprint density at radius 1 is 1.17 bits per heavy atom. The number of aromatic nitrogens is 2. The Labute approximate surface area is 144 Å². The third-order valence-corrected chi connectivity index (χ3v) is 4.27. The summed E-state index contributed by atoms with van der Waals surface area (Å²) in [5.74, 6) is 0.405. The zero-order chi connectivity index (χ0) is 16.9. The van der Waals surface area contributed by atoms with Gasteiger partial charge in [0.1, 0.15) is 6.33 Å². The molecular formula is C16H18ClN5O2. The molecule has 0 amide bonds. The van der Waals surface area contributed by atoms with Gasteiger partial charge in [0, 0.05) is 16.8 Å². The minimum Gasteiger partial charge on any atom is -0.361 e. The number of hydrogen-bond acceptors (Lipinski definition) is 6. The van der Waals surface area contributed by atoms with Crippen molar-refractivity contribution >= 4 is 34.6 Å². The first-order valence-corrected chi connectivity index (χ1v) is 8.30. The summed E-state index contributed by atoms with van der Waals surface area (Å²) in [7, 11) is 0. The van der Waals surface area contributed by atoms with E-state index in [1.807, 2.05) is 0 Å². The molecule has 0 aliphatic heterocycles. The van der Waals surface area contributed by atoms with E-state index in [9.17, 15) is 10.1 Å². The Hall–Kier alpha value is -2.41. The van der Waals surface area contributed by atoms with E-state index in [1.165, 1.54) is 12.7 Å². The lowest BCUT2D eigenvalue weighted by atomic mass is 9.95. The number of anilines is 3. The van der Waals surface area contributed by atoms with Crippen LogP contribution in [-0.4, -0.2) is 20.9 Å². The summed E-state index contributed by atoms with van der Waals surface area (Å²) in [6.07, 6.45) is 6.79. The van der Waals surface area contributed by atoms with Gasteiger partial charge in [0.2, 0.25) is 11.6 Å². The zero-order valence-corrected chi connectivity index (χ0v) is 13.8. The van der Waals surface area contributed by atoms with Gasteiger partial charge in [-0.1, -0.05) is 36.9 Å². The zero-order valence-electron chi connectivity index (χ0n) is 13.0. The van der Waals surface area contributed by atoms with Gasteiger partial charge in [-0.05, 0) is 31.0 Å². The monoisotopic (exact) mass is 347 g/mol. The first-order chi connectivity index (χ1) is 11.6. The van der Waals surface area contributed by atoms with Crippen LogP contribution in [0.5, 0.6) is 0 Å². The summed E-state index contributed by atoms with van der Waals surface area (Å²) in [6.45, 7) is 0. The molecule has 1 aromatic carbocycles. The number of nitrogens with one attached hydrogen (secondary N) is 2. The van der Waals surface area contributed by atoms with E-state index >= 15 is 0 Å². The van der Waals surface area contributed by atoms with E-state index in [0.29, 0.717) is 10.7 Å². The summed E-state index contributed by atoms with van der Waals surface area (Å²) in [5.41, 5.74) is 0.482. The first kappa shape index (κ1) is 16.4. The minimum absolute atomic E-state index is 0.149. The molecule has 1 aliphatic rings. The second kappa shape index (κ2) is 7.44. The third-order valence-electron chi connectivity index (χ3n) is 4.04. The van der Waals surface area contributed by atoms with Crippen LogP contribution in [0, 0.1) is 10.1 Å². The predicted molar refractivity (Wildman–Crippen MR) is 93.9 cm³/mol. The Kier molecular flexibility index (Phi) is 5.10. The molecule has 0 saturated heterocycles. The van der Waals surface area contributed by atoms with E-state index in [1.54, 1.807) is 24.3 Å². The molecule has 126 valence electrons. The fraction of sp³-hybridized carbons (Fsp3) is 0.375. The van der Waals surface area contributed by atoms with Crippen LogP contribution >= 0.6 is 11.6 Å². The number of benzene rings is 1. The number of nitro groups is 1. The smallest absolute Gasteiger partial charge is 0.353 e. The van der Waals surface area contributed by atoms with Crippen molar-refractivity contribution in [1.82, 2.24) is 9.97 Å². The molecule has 1 aromatic heterocycles.